The smallest absolute Gasteiger partial charge is 0.349 e. The first-order chi connectivity index (χ1) is 13.1. The van der Waals surface area contributed by atoms with Crippen LogP contribution >= 0.6 is 0 Å². The van der Waals surface area contributed by atoms with Crippen molar-refractivity contribution in [2.75, 3.05) is 12.4 Å². The lowest BCUT2D eigenvalue weighted by molar-refractivity contribution is 0.102. The van der Waals surface area contributed by atoms with Gasteiger partial charge in [-0.2, -0.15) is 0 Å². The first-order valence-electron chi connectivity index (χ1n) is 7.96. The van der Waals surface area contributed by atoms with Crippen LogP contribution in [0.5, 0.6) is 5.75 Å². The predicted octanol–water partition coefficient (Wildman–Crippen LogP) is 3.10. The SMILES string of the molecule is COc1ccc2cc(C(=O)Nc3nnc(-c4ccccc4)o3)c(=O)oc2c1. The number of carbonyl (C=O) groups excluding carboxylic acids is 1. The molecule has 2 aromatic carbocycles. The molecule has 0 saturated carbocycles. The van der Waals surface area contributed by atoms with Gasteiger partial charge in [0.25, 0.3) is 5.91 Å². The summed E-state index contributed by atoms with van der Waals surface area (Å²) in [6.07, 6.45) is 0. The number of nitrogens with one attached hydrogen (secondary N) is 1. The standard InChI is InChI=1S/C19H13N3O5/c1-25-13-8-7-12-9-14(18(24)26-15(12)10-13)16(23)20-19-22-21-17(27-19)11-5-3-2-4-6-11/h2-10H,1H3,(H,20,22,23). The summed E-state index contributed by atoms with van der Waals surface area (Å²) in [5.41, 5.74) is 0.0768. The van der Waals surface area contributed by atoms with E-state index >= 15 is 0 Å². The number of hydrogen-bond donors (Lipinski definition) is 1. The van der Waals surface area contributed by atoms with Crippen molar-refractivity contribution in [2.24, 2.45) is 0 Å². The Balaban J connectivity index is 1.61. The number of carbonyl (C=O) groups is 1. The minimum atomic E-state index is -0.781. The van der Waals surface area contributed by atoms with Crippen molar-refractivity contribution in [2.45, 2.75) is 0 Å². The second kappa shape index (κ2) is 6.75. The fourth-order valence-corrected chi connectivity index (χ4v) is 2.51. The number of anilines is 1. The summed E-state index contributed by atoms with van der Waals surface area (Å²) in [6.45, 7) is 0. The molecule has 0 bridgehead atoms. The summed E-state index contributed by atoms with van der Waals surface area (Å²) in [7, 11) is 1.51. The molecule has 1 N–H and O–H groups in total. The highest BCUT2D eigenvalue weighted by atomic mass is 16.5. The summed E-state index contributed by atoms with van der Waals surface area (Å²) in [5.74, 6) is 0.0930. The lowest BCUT2D eigenvalue weighted by atomic mass is 10.1. The number of fused-ring (bicyclic) bond motifs is 1. The van der Waals surface area contributed by atoms with Gasteiger partial charge in [0.15, 0.2) is 0 Å². The largest absolute Gasteiger partial charge is 0.497 e. The van der Waals surface area contributed by atoms with Crippen LogP contribution in [-0.4, -0.2) is 23.2 Å². The fraction of sp³-hybridized carbons (Fsp3) is 0.0526. The van der Waals surface area contributed by atoms with Gasteiger partial charge in [0.1, 0.15) is 16.9 Å². The average Bonchev–Trinajstić information content (AvgIpc) is 3.16. The van der Waals surface area contributed by atoms with Crippen molar-refractivity contribution < 1.29 is 18.4 Å². The summed E-state index contributed by atoms with van der Waals surface area (Å²) in [4.78, 5) is 24.6. The van der Waals surface area contributed by atoms with Gasteiger partial charge >= 0.3 is 11.6 Å². The van der Waals surface area contributed by atoms with E-state index in [4.69, 9.17) is 13.6 Å². The summed E-state index contributed by atoms with van der Waals surface area (Å²) < 4.78 is 15.7. The molecule has 2 heterocycles. The Bertz CT molecular complexity index is 1180. The Morgan fingerprint density at radius 1 is 1.04 bits per heavy atom. The van der Waals surface area contributed by atoms with Crippen LogP contribution in [0.1, 0.15) is 10.4 Å². The number of benzene rings is 2. The number of rotatable bonds is 4. The van der Waals surface area contributed by atoms with Crippen LogP contribution in [0, 0.1) is 0 Å². The van der Waals surface area contributed by atoms with Gasteiger partial charge in [-0.3, -0.25) is 10.1 Å². The Hall–Kier alpha value is -3.94. The Morgan fingerprint density at radius 3 is 2.63 bits per heavy atom. The molecule has 8 nitrogen and oxygen atoms in total. The van der Waals surface area contributed by atoms with Gasteiger partial charge in [-0.25, -0.2) is 4.79 Å². The molecule has 0 aliphatic carbocycles. The zero-order valence-electron chi connectivity index (χ0n) is 14.1. The van der Waals surface area contributed by atoms with Crippen LogP contribution in [0.25, 0.3) is 22.4 Å². The van der Waals surface area contributed by atoms with Gasteiger partial charge in [0, 0.05) is 17.0 Å². The summed E-state index contributed by atoms with van der Waals surface area (Å²) >= 11 is 0. The van der Waals surface area contributed by atoms with Crippen LogP contribution < -0.4 is 15.7 Å². The Morgan fingerprint density at radius 2 is 1.85 bits per heavy atom. The van der Waals surface area contributed by atoms with E-state index in [-0.39, 0.29) is 17.5 Å². The van der Waals surface area contributed by atoms with E-state index in [1.807, 2.05) is 18.2 Å². The van der Waals surface area contributed by atoms with E-state index in [1.54, 1.807) is 30.3 Å². The minimum Gasteiger partial charge on any atom is -0.497 e. The predicted molar refractivity (Wildman–Crippen MR) is 96.7 cm³/mol. The molecule has 8 heteroatoms. The zero-order valence-corrected chi connectivity index (χ0v) is 14.1. The van der Waals surface area contributed by atoms with Gasteiger partial charge in [-0.1, -0.05) is 23.3 Å². The number of hydrogen-bond acceptors (Lipinski definition) is 7. The lowest BCUT2D eigenvalue weighted by Crippen LogP contribution is -2.20. The number of amides is 1. The fourth-order valence-electron chi connectivity index (χ4n) is 2.51. The molecule has 0 saturated heterocycles. The molecule has 0 atom stereocenters. The molecule has 2 aromatic heterocycles. The van der Waals surface area contributed by atoms with Gasteiger partial charge < -0.3 is 13.6 Å². The van der Waals surface area contributed by atoms with Crippen LogP contribution in [-0.2, 0) is 0 Å². The van der Waals surface area contributed by atoms with Gasteiger partial charge in [-0.05, 0) is 30.3 Å². The third-order valence-corrected chi connectivity index (χ3v) is 3.85. The minimum absolute atomic E-state index is 0.118. The molecule has 0 spiro atoms. The van der Waals surface area contributed by atoms with Crippen molar-refractivity contribution in [3.63, 3.8) is 0 Å². The normalized spacial score (nSPS) is 10.7. The maximum absolute atomic E-state index is 12.4. The van der Waals surface area contributed by atoms with Gasteiger partial charge in [0.2, 0.25) is 5.89 Å². The quantitative estimate of drug-likeness (QED) is 0.555. The van der Waals surface area contributed by atoms with Gasteiger partial charge in [0.05, 0.1) is 7.11 Å². The highest BCUT2D eigenvalue weighted by Crippen LogP contribution is 2.21. The molecular formula is C19H13N3O5. The second-order valence-electron chi connectivity index (χ2n) is 5.58. The molecule has 0 fully saturated rings. The van der Waals surface area contributed by atoms with E-state index in [0.29, 0.717) is 22.3 Å². The highest BCUT2D eigenvalue weighted by Gasteiger charge is 2.17. The van der Waals surface area contributed by atoms with Crippen LogP contribution in [0.2, 0.25) is 0 Å². The van der Waals surface area contributed by atoms with Gasteiger partial charge in [-0.15, -0.1) is 5.10 Å². The van der Waals surface area contributed by atoms with Crippen LogP contribution in [0.4, 0.5) is 6.01 Å². The Kier molecular flexibility index (Phi) is 4.13. The van der Waals surface area contributed by atoms with Crippen LogP contribution in [0.3, 0.4) is 0 Å². The average molecular weight is 363 g/mol. The third kappa shape index (κ3) is 3.28. The number of aromatic nitrogens is 2. The summed E-state index contributed by atoms with van der Waals surface area (Å²) in [5, 5.41) is 10.6. The number of nitrogens with zero attached hydrogens (tertiary/aromatic N) is 2. The van der Waals surface area contributed by atoms with E-state index in [1.165, 1.54) is 13.2 Å². The van der Waals surface area contributed by atoms with E-state index in [9.17, 15) is 9.59 Å². The molecule has 0 unspecified atom stereocenters. The lowest BCUT2D eigenvalue weighted by Gasteiger charge is -2.03. The maximum Gasteiger partial charge on any atom is 0.349 e. The monoisotopic (exact) mass is 363 g/mol. The molecule has 0 aliphatic rings. The molecule has 27 heavy (non-hydrogen) atoms. The first-order valence-corrected chi connectivity index (χ1v) is 7.96. The third-order valence-electron chi connectivity index (χ3n) is 3.85. The van der Waals surface area contributed by atoms with E-state index in [2.05, 4.69) is 15.5 Å². The molecular weight excluding hydrogens is 350 g/mol. The van der Waals surface area contributed by atoms with E-state index in [0.717, 1.165) is 0 Å². The zero-order chi connectivity index (χ0) is 18.8. The number of ether oxygens (including phenoxy) is 1. The topological polar surface area (TPSA) is 107 Å². The molecule has 0 radical (unpaired) electrons. The molecule has 4 aromatic rings. The highest BCUT2D eigenvalue weighted by molar-refractivity contribution is 6.04. The molecule has 4 rings (SSSR count). The first kappa shape index (κ1) is 16.5. The van der Waals surface area contributed by atoms with Crippen LogP contribution in [0.15, 0.2) is 68.2 Å². The van der Waals surface area contributed by atoms with E-state index < -0.39 is 11.5 Å². The number of methoxy groups -OCH3 is 1. The summed E-state index contributed by atoms with van der Waals surface area (Å²) in [6, 6.07) is 15.4. The van der Waals surface area contributed by atoms with Crippen molar-refractivity contribution in [1.29, 1.82) is 0 Å². The second-order valence-corrected chi connectivity index (χ2v) is 5.58. The molecule has 0 aliphatic heterocycles. The molecule has 1 amide bonds. The Labute approximate surface area is 152 Å². The van der Waals surface area contributed by atoms with Crippen molar-refractivity contribution >= 4 is 22.9 Å². The maximum atomic E-state index is 12.4. The van der Waals surface area contributed by atoms with Crippen molar-refractivity contribution in [3.8, 4) is 17.2 Å². The molecule has 134 valence electrons. The van der Waals surface area contributed by atoms with Crippen molar-refractivity contribution in [3.05, 3.63) is 70.6 Å². The van der Waals surface area contributed by atoms with Crippen molar-refractivity contribution in [1.82, 2.24) is 10.2 Å².